The highest BCUT2D eigenvalue weighted by atomic mass is 14.7. The lowest BCUT2D eigenvalue weighted by Crippen LogP contribution is -2.16. The maximum Gasteiger partial charge on any atom is 0.0435 e. The van der Waals surface area contributed by atoms with Crippen molar-refractivity contribution in [3.8, 4) is 0 Å². The molecule has 0 amide bonds. The number of nitrogens with zero attached hydrogens (tertiary/aromatic N) is 1. The number of aromatic nitrogens is 1. The predicted molar refractivity (Wildman–Crippen MR) is 59.6 cm³/mol. The standard InChI is InChI=1S/C13H19N/c1-4-13(2,3)11-8-10-6-5-7-12(10)14-9-11/h8-9H,4-7H2,1-3H3. The fraction of sp³-hybridized carbons (Fsp3) is 0.615. The van der Waals surface area contributed by atoms with Crippen LogP contribution in [-0.4, -0.2) is 4.98 Å². The minimum absolute atomic E-state index is 0.282. The molecule has 1 nitrogen and oxygen atoms in total. The third kappa shape index (κ3) is 1.56. The van der Waals surface area contributed by atoms with Gasteiger partial charge in [0.25, 0.3) is 0 Å². The fourth-order valence-electron chi connectivity index (χ4n) is 2.00. The first-order valence-electron chi connectivity index (χ1n) is 5.62. The van der Waals surface area contributed by atoms with Crippen LogP contribution in [0.4, 0.5) is 0 Å². The summed E-state index contributed by atoms with van der Waals surface area (Å²) < 4.78 is 0. The minimum atomic E-state index is 0.282. The molecule has 0 N–H and O–H groups in total. The lowest BCUT2D eigenvalue weighted by Gasteiger charge is -2.23. The van der Waals surface area contributed by atoms with E-state index in [1.807, 2.05) is 0 Å². The minimum Gasteiger partial charge on any atom is -0.261 e. The van der Waals surface area contributed by atoms with Gasteiger partial charge in [0.2, 0.25) is 0 Å². The highest BCUT2D eigenvalue weighted by Gasteiger charge is 2.21. The summed E-state index contributed by atoms with van der Waals surface area (Å²) in [5.74, 6) is 0. The number of fused-ring (bicyclic) bond motifs is 1. The van der Waals surface area contributed by atoms with Crippen molar-refractivity contribution in [3.05, 3.63) is 29.1 Å². The quantitative estimate of drug-likeness (QED) is 0.696. The largest absolute Gasteiger partial charge is 0.261 e. The van der Waals surface area contributed by atoms with Crippen LogP contribution in [0, 0.1) is 0 Å². The molecule has 1 heteroatoms. The van der Waals surface area contributed by atoms with E-state index in [4.69, 9.17) is 0 Å². The number of pyridine rings is 1. The first kappa shape index (κ1) is 9.70. The highest BCUT2D eigenvalue weighted by molar-refractivity contribution is 5.32. The van der Waals surface area contributed by atoms with Gasteiger partial charge in [0.1, 0.15) is 0 Å². The molecular weight excluding hydrogens is 170 g/mol. The molecule has 0 fully saturated rings. The van der Waals surface area contributed by atoms with Gasteiger partial charge in [0, 0.05) is 11.9 Å². The smallest absolute Gasteiger partial charge is 0.0435 e. The summed E-state index contributed by atoms with van der Waals surface area (Å²) >= 11 is 0. The average Bonchev–Trinajstić information content (AvgIpc) is 2.64. The SMILES string of the molecule is CCC(C)(C)c1cnc2c(c1)CCC2. The lowest BCUT2D eigenvalue weighted by atomic mass is 9.82. The second kappa shape index (κ2) is 3.38. The van der Waals surface area contributed by atoms with Crippen LogP contribution in [0.2, 0.25) is 0 Å². The molecule has 0 saturated carbocycles. The van der Waals surface area contributed by atoms with E-state index in [1.165, 1.54) is 42.5 Å². The van der Waals surface area contributed by atoms with Crippen LogP contribution in [0.15, 0.2) is 12.3 Å². The van der Waals surface area contributed by atoms with E-state index in [2.05, 4.69) is 38.0 Å². The third-order valence-electron chi connectivity index (χ3n) is 3.58. The molecule has 0 radical (unpaired) electrons. The molecule has 0 unspecified atom stereocenters. The Balaban J connectivity index is 2.38. The monoisotopic (exact) mass is 189 g/mol. The summed E-state index contributed by atoms with van der Waals surface area (Å²) in [6, 6.07) is 2.37. The van der Waals surface area contributed by atoms with Crippen LogP contribution in [0.5, 0.6) is 0 Å². The van der Waals surface area contributed by atoms with Crippen LogP contribution in [-0.2, 0) is 18.3 Å². The summed E-state index contributed by atoms with van der Waals surface area (Å²) in [6.45, 7) is 6.84. The molecule has 1 aliphatic carbocycles. The van der Waals surface area contributed by atoms with Gasteiger partial charge in [-0.15, -0.1) is 0 Å². The Hall–Kier alpha value is -0.850. The highest BCUT2D eigenvalue weighted by Crippen LogP contribution is 2.29. The molecule has 0 aliphatic heterocycles. The van der Waals surface area contributed by atoms with Crippen molar-refractivity contribution >= 4 is 0 Å². The molecule has 0 saturated heterocycles. The van der Waals surface area contributed by atoms with E-state index >= 15 is 0 Å². The molecule has 76 valence electrons. The first-order valence-corrected chi connectivity index (χ1v) is 5.62. The average molecular weight is 189 g/mol. The topological polar surface area (TPSA) is 12.9 Å². The van der Waals surface area contributed by atoms with Crippen molar-refractivity contribution in [2.45, 2.75) is 51.9 Å². The second-order valence-corrected chi connectivity index (χ2v) is 4.92. The molecular formula is C13H19N. The summed E-state index contributed by atoms with van der Waals surface area (Å²) in [4.78, 5) is 4.57. The number of aryl methyl sites for hydroxylation is 2. The summed E-state index contributed by atoms with van der Waals surface area (Å²) in [6.07, 6.45) is 6.96. The van der Waals surface area contributed by atoms with Crippen molar-refractivity contribution in [3.63, 3.8) is 0 Å². The normalized spacial score (nSPS) is 15.6. The Bertz CT molecular complexity index is 339. The molecule has 1 heterocycles. The third-order valence-corrected chi connectivity index (χ3v) is 3.58. The van der Waals surface area contributed by atoms with E-state index in [9.17, 15) is 0 Å². The van der Waals surface area contributed by atoms with Crippen LogP contribution >= 0.6 is 0 Å². The summed E-state index contributed by atoms with van der Waals surface area (Å²) in [5.41, 5.74) is 4.51. The Labute approximate surface area is 86.6 Å². The van der Waals surface area contributed by atoms with Crippen LogP contribution in [0.3, 0.4) is 0 Å². The Morgan fingerprint density at radius 1 is 1.36 bits per heavy atom. The van der Waals surface area contributed by atoms with E-state index in [0.717, 1.165) is 0 Å². The Morgan fingerprint density at radius 2 is 2.14 bits per heavy atom. The maximum atomic E-state index is 4.57. The lowest BCUT2D eigenvalue weighted by molar-refractivity contribution is 0.503. The number of rotatable bonds is 2. The Morgan fingerprint density at radius 3 is 2.86 bits per heavy atom. The number of hydrogen-bond acceptors (Lipinski definition) is 1. The Kier molecular flexibility index (Phi) is 2.34. The predicted octanol–water partition coefficient (Wildman–Crippen LogP) is 3.26. The van der Waals surface area contributed by atoms with Gasteiger partial charge in [0.15, 0.2) is 0 Å². The zero-order valence-corrected chi connectivity index (χ0v) is 9.43. The summed E-state index contributed by atoms with van der Waals surface area (Å²) in [5, 5.41) is 0. The van der Waals surface area contributed by atoms with Gasteiger partial charge in [-0.3, -0.25) is 4.98 Å². The van der Waals surface area contributed by atoms with E-state index < -0.39 is 0 Å². The maximum absolute atomic E-state index is 4.57. The van der Waals surface area contributed by atoms with Crippen molar-refractivity contribution in [2.75, 3.05) is 0 Å². The van der Waals surface area contributed by atoms with Crippen molar-refractivity contribution in [1.82, 2.24) is 4.98 Å². The fourth-order valence-corrected chi connectivity index (χ4v) is 2.00. The van der Waals surface area contributed by atoms with Gasteiger partial charge >= 0.3 is 0 Å². The van der Waals surface area contributed by atoms with Crippen LogP contribution < -0.4 is 0 Å². The van der Waals surface area contributed by atoms with Crippen LogP contribution in [0.1, 0.15) is 50.4 Å². The van der Waals surface area contributed by atoms with E-state index in [0.29, 0.717) is 0 Å². The molecule has 1 aromatic heterocycles. The van der Waals surface area contributed by atoms with Gasteiger partial charge in [0.05, 0.1) is 0 Å². The molecule has 14 heavy (non-hydrogen) atoms. The van der Waals surface area contributed by atoms with E-state index in [1.54, 1.807) is 0 Å². The van der Waals surface area contributed by atoms with Crippen molar-refractivity contribution < 1.29 is 0 Å². The first-order chi connectivity index (χ1) is 6.63. The molecule has 1 aliphatic rings. The van der Waals surface area contributed by atoms with Gasteiger partial charge in [-0.05, 0) is 42.2 Å². The molecule has 1 aromatic rings. The van der Waals surface area contributed by atoms with Crippen molar-refractivity contribution in [2.24, 2.45) is 0 Å². The van der Waals surface area contributed by atoms with Gasteiger partial charge in [-0.2, -0.15) is 0 Å². The number of hydrogen-bond donors (Lipinski definition) is 0. The molecule has 0 bridgehead atoms. The molecule has 0 aromatic carbocycles. The zero-order chi connectivity index (χ0) is 10.2. The molecule has 0 atom stereocenters. The van der Waals surface area contributed by atoms with Gasteiger partial charge in [-0.25, -0.2) is 0 Å². The van der Waals surface area contributed by atoms with E-state index in [-0.39, 0.29) is 5.41 Å². The van der Waals surface area contributed by atoms with Crippen LogP contribution in [0.25, 0.3) is 0 Å². The molecule has 2 rings (SSSR count). The van der Waals surface area contributed by atoms with Gasteiger partial charge in [-0.1, -0.05) is 26.8 Å². The second-order valence-electron chi connectivity index (χ2n) is 4.92. The molecule has 0 spiro atoms. The van der Waals surface area contributed by atoms with Crippen molar-refractivity contribution in [1.29, 1.82) is 0 Å². The van der Waals surface area contributed by atoms with Gasteiger partial charge < -0.3 is 0 Å². The zero-order valence-electron chi connectivity index (χ0n) is 9.43. The summed E-state index contributed by atoms with van der Waals surface area (Å²) in [7, 11) is 0.